The zero-order chi connectivity index (χ0) is 15.9. The Kier molecular flexibility index (Phi) is 5.62. The minimum Gasteiger partial charge on any atom is -0.477 e. The fourth-order valence-corrected chi connectivity index (χ4v) is 2.13. The van der Waals surface area contributed by atoms with Gasteiger partial charge in [0.1, 0.15) is 18.6 Å². The van der Waals surface area contributed by atoms with E-state index >= 15 is 0 Å². The van der Waals surface area contributed by atoms with Gasteiger partial charge in [0.2, 0.25) is 11.2 Å². The Labute approximate surface area is 131 Å². The van der Waals surface area contributed by atoms with E-state index in [-0.39, 0.29) is 30.6 Å². The number of benzene rings is 1. The lowest BCUT2D eigenvalue weighted by atomic mass is 10.3. The van der Waals surface area contributed by atoms with Gasteiger partial charge < -0.3 is 19.6 Å². The molecule has 116 valence electrons. The minimum absolute atomic E-state index is 0.0785. The van der Waals surface area contributed by atoms with Crippen LogP contribution >= 0.6 is 11.8 Å². The summed E-state index contributed by atoms with van der Waals surface area (Å²) >= 11 is 1.57. The number of ether oxygens (including phenoxy) is 1. The molecule has 7 heteroatoms. The Morgan fingerprint density at radius 3 is 2.91 bits per heavy atom. The highest BCUT2D eigenvalue weighted by atomic mass is 32.2. The van der Waals surface area contributed by atoms with Crippen LogP contribution in [0, 0.1) is 0 Å². The first-order valence-electron chi connectivity index (χ1n) is 6.41. The summed E-state index contributed by atoms with van der Waals surface area (Å²) in [4.78, 5) is 24.5. The molecule has 2 N–H and O–H groups in total. The van der Waals surface area contributed by atoms with Crippen molar-refractivity contribution in [2.24, 2.45) is 0 Å². The van der Waals surface area contributed by atoms with Crippen LogP contribution in [0.4, 0.5) is 5.69 Å². The molecule has 22 heavy (non-hydrogen) atoms. The predicted molar refractivity (Wildman–Crippen MR) is 83.2 cm³/mol. The molecule has 2 rings (SSSR count). The SMILES string of the molecule is CSc1cccc(NC(=O)COc2coc(CO)cc2=O)c1. The Balaban J connectivity index is 1.94. The molecule has 0 bridgehead atoms. The highest BCUT2D eigenvalue weighted by molar-refractivity contribution is 7.98. The largest absolute Gasteiger partial charge is 0.477 e. The van der Waals surface area contributed by atoms with E-state index in [1.54, 1.807) is 17.8 Å². The molecule has 1 amide bonds. The van der Waals surface area contributed by atoms with Crippen molar-refractivity contribution in [1.29, 1.82) is 0 Å². The maximum Gasteiger partial charge on any atom is 0.262 e. The van der Waals surface area contributed by atoms with Crippen molar-refractivity contribution in [2.45, 2.75) is 11.5 Å². The Bertz CT molecular complexity index is 713. The second kappa shape index (κ2) is 7.67. The lowest BCUT2D eigenvalue weighted by Crippen LogP contribution is -2.22. The van der Waals surface area contributed by atoms with Crippen LogP contribution in [-0.2, 0) is 11.4 Å². The molecule has 2 aromatic rings. The van der Waals surface area contributed by atoms with Crippen molar-refractivity contribution >= 4 is 23.4 Å². The number of aliphatic hydroxyl groups excluding tert-OH is 1. The van der Waals surface area contributed by atoms with Gasteiger partial charge in [-0.25, -0.2) is 0 Å². The first-order chi connectivity index (χ1) is 10.6. The topological polar surface area (TPSA) is 88.8 Å². The van der Waals surface area contributed by atoms with Crippen molar-refractivity contribution in [1.82, 2.24) is 0 Å². The van der Waals surface area contributed by atoms with Gasteiger partial charge >= 0.3 is 0 Å². The second-order valence-electron chi connectivity index (χ2n) is 4.30. The van der Waals surface area contributed by atoms with Gasteiger partial charge in [-0.15, -0.1) is 11.8 Å². The molecule has 0 radical (unpaired) electrons. The van der Waals surface area contributed by atoms with E-state index < -0.39 is 5.43 Å². The van der Waals surface area contributed by atoms with Crippen molar-refractivity contribution in [3.8, 4) is 5.75 Å². The van der Waals surface area contributed by atoms with Crippen LogP contribution in [0.1, 0.15) is 5.76 Å². The van der Waals surface area contributed by atoms with Gasteiger partial charge in [-0.2, -0.15) is 0 Å². The minimum atomic E-state index is -0.451. The van der Waals surface area contributed by atoms with Gasteiger partial charge in [0, 0.05) is 16.6 Å². The first kappa shape index (κ1) is 16.1. The summed E-state index contributed by atoms with van der Waals surface area (Å²) in [6.07, 6.45) is 3.02. The van der Waals surface area contributed by atoms with E-state index in [4.69, 9.17) is 14.3 Å². The summed E-state index contributed by atoms with van der Waals surface area (Å²) in [5, 5.41) is 11.5. The molecule has 0 fully saturated rings. The molecule has 0 saturated heterocycles. The van der Waals surface area contributed by atoms with E-state index in [0.717, 1.165) is 17.2 Å². The van der Waals surface area contributed by atoms with Crippen LogP contribution in [0.15, 0.2) is 50.7 Å². The summed E-state index contributed by atoms with van der Waals surface area (Å²) in [6.45, 7) is -0.686. The van der Waals surface area contributed by atoms with E-state index in [2.05, 4.69) is 5.32 Å². The van der Waals surface area contributed by atoms with E-state index in [1.165, 1.54) is 0 Å². The highest BCUT2D eigenvalue weighted by Crippen LogP contribution is 2.18. The van der Waals surface area contributed by atoms with E-state index in [9.17, 15) is 9.59 Å². The van der Waals surface area contributed by atoms with Gasteiger partial charge in [-0.3, -0.25) is 9.59 Å². The van der Waals surface area contributed by atoms with Crippen LogP contribution in [0.3, 0.4) is 0 Å². The smallest absolute Gasteiger partial charge is 0.262 e. The van der Waals surface area contributed by atoms with Crippen LogP contribution in [-0.4, -0.2) is 23.9 Å². The second-order valence-corrected chi connectivity index (χ2v) is 5.18. The maximum absolute atomic E-state index is 11.8. The summed E-state index contributed by atoms with van der Waals surface area (Å²) in [5.41, 5.74) is 0.204. The quantitative estimate of drug-likeness (QED) is 0.790. The Hall–Kier alpha value is -2.25. The van der Waals surface area contributed by atoms with Gasteiger partial charge in [0.05, 0.1) is 0 Å². The van der Waals surface area contributed by atoms with Gasteiger partial charge in [-0.1, -0.05) is 6.07 Å². The molecule has 1 aromatic carbocycles. The number of rotatable bonds is 6. The predicted octanol–water partition coefficient (Wildman–Crippen LogP) is 1.87. The zero-order valence-corrected chi connectivity index (χ0v) is 12.7. The maximum atomic E-state index is 11.8. The molecule has 0 saturated carbocycles. The van der Waals surface area contributed by atoms with Crippen molar-refractivity contribution in [2.75, 3.05) is 18.2 Å². The molecule has 0 aliphatic carbocycles. The van der Waals surface area contributed by atoms with Crippen LogP contribution in [0.5, 0.6) is 5.75 Å². The molecule has 0 unspecified atom stereocenters. The molecule has 0 aliphatic rings. The molecule has 0 spiro atoms. The number of hydrogen-bond acceptors (Lipinski definition) is 6. The number of carbonyl (C=O) groups is 1. The number of amides is 1. The molecule has 0 atom stereocenters. The number of aliphatic hydroxyl groups is 1. The number of thioether (sulfide) groups is 1. The summed E-state index contributed by atoms with van der Waals surface area (Å²) in [5.74, 6) is -0.329. The Morgan fingerprint density at radius 2 is 2.23 bits per heavy atom. The summed E-state index contributed by atoms with van der Waals surface area (Å²) in [7, 11) is 0. The highest BCUT2D eigenvalue weighted by Gasteiger charge is 2.08. The molecular formula is C15H15NO5S. The van der Waals surface area contributed by atoms with Crippen LogP contribution in [0.2, 0.25) is 0 Å². The van der Waals surface area contributed by atoms with Gasteiger partial charge in [-0.05, 0) is 24.5 Å². The molecule has 1 aromatic heterocycles. The average Bonchev–Trinajstić information content (AvgIpc) is 2.53. The van der Waals surface area contributed by atoms with Crippen LogP contribution < -0.4 is 15.5 Å². The van der Waals surface area contributed by atoms with Gasteiger partial charge in [0.15, 0.2) is 6.61 Å². The average molecular weight is 321 g/mol. The lowest BCUT2D eigenvalue weighted by Gasteiger charge is -2.08. The third-order valence-corrected chi connectivity index (χ3v) is 3.45. The number of nitrogens with one attached hydrogen (secondary N) is 1. The molecular weight excluding hydrogens is 306 g/mol. The normalized spacial score (nSPS) is 10.3. The zero-order valence-electron chi connectivity index (χ0n) is 11.9. The van der Waals surface area contributed by atoms with E-state index in [0.29, 0.717) is 5.69 Å². The third kappa shape index (κ3) is 4.37. The first-order valence-corrected chi connectivity index (χ1v) is 7.64. The standard InChI is InChI=1S/C15H15NO5S/c1-22-12-4-2-3-10(5-12)16-15(19)9-21-14-8-20-11(7-17)6-13(14)18/h2-6,8,17H,7,9H2,1H3,(H,16,19). The number of hydrogen-bond donors (Lipinski definition) is 2. The molecule has 1 heterocycles. The van der Waals surface area contributed by atoms with Crippen LogP contribution in [0.25, 0.3) is 0 Å². The fraction of sp³-hybridized carbons (Fsp3) is 0.200. The Morgan fingerprint density at radius 1 is 1.41 bits per heavy atom. The third-order valence-electron chi connectivity index (χ3n) is 2.72. The number of anilines is 1. The summed E-state index contributed by atoms with van der Waals surface area (Å²) in [6, 6.07) is 8.50. The van der Waals surface area contributed by atoms with E-state index in [1.807, 2.05) is 24.5 Å². The lowest BCUT2D eigenvalue weighted by molar-refractivity contribution is -0.118. The monoisotopic (exact) mass is 321 g/mol. The number of carbonyl (C=O) groups excluding carboxylic acids is 1. The molecule has 6 nitrogen and oxygen atoms in total. The van der Waals surface area contributed by atoms with Gasteiger partial charge in [0.25, 0.3) is 5.91 Å². The van der Waals surface area contributed by atoms with Crippen molar-refractivity contribution in [3.05, 3.63) is 52.6 Å². The van der Waals surface area contributed by atoms with Crippen molar-refractivity contribution < 1.29 is 19.1 Å². The fourth-order valence-electron chi connectivity index (χ4n) is 1.67. The summed E-state index contributed by atoms with van der Waals surface area (Å²) < 4.78 is 10.1. The molecule has 0 aliphatic heterocycles. The van der Waals surface area contributed by atoms with Crippen molar-refractivity contribution in [3.63, 3.8) is 0 Å².